The summed E-state index contributed by atoms with van der Waals surface area (Å²) in [6.45, 7) is 4.02. The van der Waals surface area contributed by atoms with E-state index in [2.05, 4.69) is 10.6 Å². The number of likely N-dealkylation sites (N-methyl/N-ethyl adjacent to an activating group) is 1. The highest BCUT2D eigenvalue weighted by atomic mass is 35.5. The van der Waals surface area contributed by atoms with Gasteiger partial charge in [-0.05, 0) is 31.5 Å². The number of aryl methyl sites for hydroxylation is 1. The van der Waals surface area contributed by atoms with Gasteiger partial charge in [0.05, 0.1) is 0 Å². The lowest BCUT2D eigenvalue weighted by Gasteiger charge is -2.06. The summed E-state index contributed by atoms with van der Waals surface area (Å²) in [6, 6.07) is 5.07. The van der Waals surface area contributed by atoms with E-state index in [1.165, 1.54) is 0 Å². The van der Waals surface area contributed by atoms with Gasteiger partial charge in [-0.3, -0.25) is 9.59 Å². The molecule has 1 aromatic carbocycles. The second-order valence-electron chi connectivity index (χ2n) is 3.28. The summed E-state index contributed by atoms with van der Waals surface area (Å²) in [7, 11) is 0. The van der Waals surface area contributed by atoms with Crippen LogP contribution >= 0.6 is 11.6 Å². The number of hydrogen-bond acceptors (Lipinski definition) is 2. The number of rotatable bonds is 2. The van der Waals surface area contributed by atoms with Gasteiger partial charge in [0.1, 0.15) is 0 Å². The first-order valence-corrected chi connectivity index (χ1v) is 5.27. The van der Waals surface area contributed by atoms with Gasteiger partial charge in [0.15, 0.2) is 0 Å². The Bertz CT molecular complexity index is 418. The highest BCUT2D eigenvalue weighted by Gasteiger charge is 2.12. The van der Waals surface area contributed by atoms with Crippen LogP contribution in [0.5, 0.6) is 0 Å². The van der Waals surface area contributed by atoms with Gasteiger partial charge in [0.25, 0.3) is 0 Å². The summed E-state index contributed by atoms with van der Waals surface area (Å²) in [4.78, 5) is 22.5. The van der Waals surface area contributed by atoms with Gasteiger partial charge in [0, 0.05) is 17.3 Å². The fraction of sp³-hybridized carbons (Fsp3) is 0.273. The molecule has 5 heteroatoms. The van der Waals surface area contributed by atoms with E-state index in [-0.39, 0.29) is 0 Å². The van der Waals surface area contributed by atoms with Crippen LogP contribution < -0.4 is 10.6 Å². The highest BCUT2D eigenvalue weighted by molar-refractivity contribution is 6.39. The van der Waals surface area contributed by atoms with Crippen molar-refractivity contribution in [3.8, 4) is 0 Å². The Hall–Kier alpha value is -1.55. The minimum absolute atomic E-state index is 0.418. The number of halogens is 1. The molecule has 1 aromatic rings. The average molecular weight is 241 g/mol. The molecule has 0 unspecified atom stereocenters. The molecular formula is C11H13ClN2O2. The lowest BCUT2D eigenvalue weighted by molar-refractivity contribution is -0.136. The molecule has 1 rings (SSSR count). The van der Waals surface area contributed by atoms with Crippen LogP contribution in [0.2, 0.25) is 5.02 Å². The van der Waals surface area contributed by atoms with Crippen LogP contribution in [-0.4, -0.2) is 18.4 Å². The van der Waals surface area contributed by atoms with Crippen molar-refractivity contribution < 1.29 is 9.59 Å². The van der Waals surface area contributed by atoms with Crippen molar-refractivity contribution in [2.45, 2.75) is 13.8 Å². The molecule has 0 saturated heterocycles. The van der Waals surface area contributed by atoms with Gasteiger partial charge in [0.2, 0.25) is 0 Å². The third-order valence-corrected chi connectivity index (χ3v) is 2.38. The van der Waals surface area contributed by atoms with E-state index in [0.29, 0.717) is 17.3 Å². The molecule has 2 amide bonds. The average Bonchev–Trinajstić information content (AvgIpc) is 2.24. The summed E-state index contributed by atoms with van der Waals surface area (Å²) >= 11 is 5.89. The third-order valence-electron chi connectivity index (χ3n) is 1.97. The van der Waals surface area contributed by atoms with Gasteiger partial charge in [-0.2, -0.15) is 0 Å². The van der Waals surface area contributed by atoms with Crippen molar-refractivity contribution in [3.63, 3.8) is 0 Å². The topological polar surface area (TPSA) is 58.2 Å². The number of hydrogen-bond donors (Lipinski definition) is 2. The Balaban J connectivity index is 2.70. The Morgan fingerprint density at radius 3 is 2.56 bits per heavy atom. The summed E-state index contributed by atoms with van der Waals surface area (Å²) in [5.41, 5.74) is 1.42. The molecule has 4 nitrogen and oxygen atoms in total. The van der Waals surface area contributed by atoms with Crippen LogP contribution in [0.3, 0.4) is 0 Å². The van der Waals surface area contributed by atoms with E-state index in [1.807, 2.05) is 6.92 Å². The molecule has 0 bridgehead atoms. The molecule has 16 heavy (non-hydrogen) atoms. The van der Waals surface area contributed by atoms with Gasteiger partial charge in [-0.1, -0.05) is 17.7 Å². The first kappa shape index (κ1) is 12.5. The molecule has 0 aliphatic carbocycles. The maximum absolute atomic E-state index is 11.3. The molecule has 0 radical (unpaired) electrons. The number of carbonyl (C=O) groups excluding carboxylic acids is 2. The van der Waals surface area contributed by atoms with Crippen LogP contribution in [0.25, 0.3) is 0 Å². The van der Waals surface area contributed by atoms with Crippen molar-refractivity contribution in [1.82, 2.24) is 5.32 Å². The van der Waals surface area contributed by atoms with Crippen molar-refractivity contribution in [2.75, 3.05) is 11.9 Å². The van der Waals surface area contributed by atoms with Crippen molar-refractivity contribution in [2.24, 2.45) is 0 Å². The van der Waals surface area contributed by atoms with Crippen LogP contribution in [0.4, 0.5) is 5.69 Å². The van der Waals surface area contributed by atoms with Crippen LogP contribution in [0.15, 0.2) is 18.2 Å². The predicted octanol–water partition coefficient (Wildman–Crippen LogP) is 1.72. The summed E-state index contributed by atoms with van der Waals surface area (Å²) in [5.74, 6) is -1.35. The van der Waals surface area contributed by atoms with E-state index in [0.717, 1.165) is 5.56 Å². The molecule has 0 heterocycles. The molecule has 0 aliphatic rings. The number of amides is 2. The molecule has 2 N–H and O–H groups in total. The van der Waals surface area contributed by atoms with Crippen molar-refractivity contribution in [3.05, 3.63) is 28.8 Å². The first-order chi connectivity index (χ1) is 7.54. The maximum atomic E-state index is 11.3. The number of carbonyl (C=O) groups is 2. The van der Waals surface area contributed by atoms with E-state index in [4.69, 9.17) is 11.6 Å². The molecule has 0 atom stereocenters. The standard InChI is InChI=1S/C11H13ClN2O2/c1-3-13-10(15)11(16)14-8-5-4-7(2)9(12)6-8/h4-6H,3H2,1-2H3,(H,13,15)(H,14,16). The van der Waals surface area contributed by atoms with E-state index in [1.54, 1.807) is 25.1 Å². The minimum atomic E-state index is -0.693. The van der Waals surface area contributed by atoms with Crippen molar-refractivity contribution in [1.29, 1.82) is 0 Å². The molecule has 0 aliphatic heterocycles. The molecule has 86 valence electrons. The lowest BCUT2D eigenvalue weighted by Crippen LogP contribution is -2.35. The Morgan fingerprint density at radius 1 is 1.31 bits per heavy atom. The molecule has 0 spiro atoms. The quantitative estimate of drug-likeness (QED) is 0.774. The lowest BCUT2D eigenvalue weighted by atomic mass is 10.2. The zero-order chi connectivity index (χ0) is 12.1. The minimum Gasteiger partial charge on any atom is -0.348 e. The SMILES string of the molecule is CCNC(=O)C(=O)Nc1ccc(C)c(Cl)c1. The van der Waals surface area contributed by atoms with Crippen molar-refractivity contribution >= 4 is 29.1 Å². The summed E-state index contributed by atoms with van der Waals surface area (Å²) < 4.78 is 0. The Morgan fingerprint density at radius 2 is 2.00 bits per heavy atom. The predicted molar refractivity (Wildman–Crippen MR) is 63.5 cm³/mol. The van der Waals surface area contributed by atoms with Gasteiger partial charge < -0.3 is 10.6 Å². The van der Waals surface area contributed by atoms with Crippen LogP contribution in [0.1, 0.15) is 12.5 Å². The Kier molecular flexibility index (Phi) is 4.31. The fourth-order valence-electron chi connectivity index (χ4n) is 1.10. The van der Waals surface area contributed by atoms with E-state index >= 15 is 0 Å². The Labute approximate surface area is 99.0 Å². The summed E-state index contributed by atoms with van der Waals surface area (Å²) in [6.07, 6.45) is 0. The normalized spacial score (nSPS) is 9.69. The molecular weight excluding hydrogens is 228 g/mol. The van der Waals surface area contributed by atoms with Gasteiger partial charge in [-0.15, -0.1) is 0 Å². The number of nitrogens with one attached hydrogen (secondary N) is 2. The smallest absolute Gasteiger partial charge is 0.313 e. The number of anilines is 1. The second kappa shape index (κ2) is 5.51. The van der Waals surface area contributed by atoms with Gasteiger partial charge >= 0.3 is 11.8 Å². The number of benzene rings is 1. The van der Waals surface area contributed by atoms with Crippen LogP contribution in [0, 0.1) is 6.92 Å². The largest absolute Gasteiger partial charge is 0.348 e. The molecule has 0 fully saturated rings. The third kappa shape index (κ3) is 3.24. The molecule has 0 saturated carbocycles. The first-order valence-electron chi connectivity index (χ1n) is 4.90. The zero-order valence-electron chi connectivity index (χ0n) is 9.13. The van der Waals surface area contributed by atoms with Gasteiger partial charge in [-0.25, -0.2) is 0 Å². The summed E-state index contributed by atoms with van der Waals surface area (Å²) in [5, 5.41) is 5.42. The van der Waals surface area contributed by atoms with E-state index < -0.39 is 11.8 Å². The monoisotopic (exact) mass is 240 g/mol. The fourth-order valence-corrected chi connectivity index (χ4v) is 1.28. The molecule has 0 aromatic heterocycles. The zero-order valence-corrected chi connectivity index (χ0v) is 9.89. The second-order valence-corrected chi connectivity index (χ2v) is 3.68. The highest BCUT2D eigenvalue weighted by Crippen LogP contribution is 2.19. The van der Waals surface area contributed by atoms with E-state index in [9.17, 15) is 9.59 Å². The van der Waals surface area contributed by atoms with Crippen LogP contribution in [-0.2, 0) is 9.59 Å². The maximum Gasteiger partial charge on any atom is 0.313 e.